The van der Waals surface area contributed by atoms with Gasteiger partial charge in [0.1, 0.15) is 11.6 Å². The Balaban J connectivity index is 0.00000353. The highest BCUT2D eigenvalue weighted by molar-refractivity contribution is 6.31. The summed E-state index contributed by atoms with van der Waals surface area (Å²) in [6.07, 6.45) is 1.65. The van der Waals surface area contributed by atoms with Crippen LogP contribution in [-0.4, -0.2) is 51.7 Å². The van der Waals surface area contributed by atoms with Crippen LogP contribution in [0.25, 0.3) is 11.3 Å². The molecule has 0 saturated carbocycles. The lowest BCUT2D eigenvalue weighted by Gasteiger charge is -2.36. The number of aromatic nitrogens is 2. The summed E-state index contributed by atoms with van der Waals surface area (Å²) in [5.41, 5.74) is 3.66. The predicted octanol–water partition coefficient (Wildman–Crippen LogP) is 6.63. The molecule has 2 N–H and O–H groups in total. The van der Waals surface area contributed by atoms with Crippen molar-refractivity contribution in [3.63, 3.8) is 0 Å². The van der Waals surface area contributed by atoms with E-state index in [0.717, 1.165) is 0 Å². The summed E-state index contributed by atoms with van der Waals surface area (Å²) >= 11 is 6.31. The molecule has 0 radical (unpaired) electrons. The first-order chi connectivity index (χ1) is 19.8. The second kappa shape index (κ2) is 12.0. The Hall–Kier alpha value is -4.21. The van der Waals surface area contributed by atoms with E-state index in [-0.39, 0.29) is 43.2 Å². The molecule has 1 saturated heterocycles. The molecular formula is C32H31ClF2N6O. The van der Waals surface area contributed by atoms with Crippen molar-refractivity contribution in [3.8, 4) is 11.3 Å². The number of halogens is 3. The maximum Gasteiger partial charge on any atom is 0.253 e. The molecule has 3 aromatic carbocycles. The highest BCUT2D eigenvalue weighted by Crippen LogP contribution is 2.34. The second-order valence-electron chi connectivity index (χ2n) is 10.4. The molecule has 0 bridgehead atoms. The summed E-state index contributed by atoms with van der Waals surface area (Å²) in [7, 11) is 0. The summed E-state index contributed by atoms with van der Waals surface area (Å²) in [5.74, 6) is -1.10. The third-order valence-corrected chi connectivity index (χ3v) is 7.43. The topological polar surface area (TPSA) is 82.5 Å². The van der Waals surface area contributed by atoms with Gasteiger partial charge in [0.2, 0.25) is 5.95 Å². The Morgan fingerprint density at radius 3 is 2.38 bits per heavy atom. The number of carbonyl (C=O) groups is 1. The molecule has 3 heterocycles. The average molecular weight is 589 g/mol. The van der Waals surface area contributed by atoms with Gasteiger partial charge in [0.15, 0.2) is 0 Å². The molecule has 2 aliphatic heterocycles. The van der Waals surface area contributed by atoms with Gasteiger partial charge in [-0.3, -0.25) is 9.79 Å². The number of amides is 1. The van der Waals surface area contributed by atoms with Crippen molar-refractivity contribution in [2.24, 2.45) is 4.99 Å². The summed E-state index contributed by atoms with van der Waals surface area (Å²) in [4.78, 5) is 28.7. The number of rotatable bonds is 4. The van der Waals surface area contributed by atoms with E-state index in [2.05, 4.69) is 34.5 Å². The molecule has 1 fully saturated rings. The number of hydrogen-bond donors (Lipinski definition) is 2. The van der Waals surface area contributed by atoms with Crippen molar-refractivity contribution in [1.29, 1.82) is 0 Å². The Labute approximate surface area is 248 Å². The first-order valence-electron chi connectivity index (χ1n) is 13.3. The van der Waals surface area contributed by atoms with Crippen molar-refractivity contribution in [2.75, 3.05) is 18.4 Å². The first-order valence-corrected chi connectivity index (χ1v) is 13.7. The largest absolute Gasteiger partial charge is 0.336 e. The molecule has 2 atom stereocenters. The molecule has 2 aliphatic rings. The number of fused-ring (bicyclic) bond motifs is 3. The van der Waals surface area contributed by atoms with E-state index in [1.165, 1.54) is 18.2 Å². The summed E-state index contributed by atoms with van der Waals surface area (Å²) in [6.45, 7) is 5.59. The molecule has 1 aromatic heterocycles. The molecule has 1 amide bonds. The van der Waals surface area contributed by atoms with E-state index in [4.69, 9.17) is 16.6 Å². The quantitative estimate of drug-likeness (QED) is 0.280. The van der Waals surface area contributed by atoms with E-state index in [1.54, 1.807) is 36.5 Å². The first kappa shape index (κ1) is 29.3. The molecule has 6 rings (SSSR count). The van der Waals surface area contributed by atoms with Gasteiger partial charge in [-0.25, -0.2) is 18.7 Å². The third kappa shape index (κ3) is 5.75. The fourth-order valence-electron chi connectivity index (χ4n) is 5.42. The van der Waals surface area contributed by atoms with E-state index in [9.17, 15) is 13.6 Å². The van der Waals surface area contributed by atoms with Crippen LogP contribution in [0.1, 0.15) is 48.3 Å². The van der Waals surface area contributed by atoms with Gasteiger partial charge in [0.05, 0.1) is 23.5 Å². The Morgan fingerprint density at radius 2 is 1.69 bits per heavy atom. The van der Waals surface area contributed by atoms with Gasteiger partial charge in [-0.05, 0) is 62.4 Å². The predicted molar refractivity (Wildman–Crippen MR) is 163 cm³/mol. The lowest BCUT2D eigenvalue weighted by atomic mass is 9.95. The van der Waals surface area contributed by atoms with Crippen molar-refractivity contribution in [1.82, 2.24) is 20.2 Å². The number of benzene rings is 3. The average Bonchev–Trinajstić information content (AvgIpc) is 3.09. The standard InChI is InChI=1S/C31H27ClF2N6O.CH4/c1-17-15-40(16-18(2)37-17)30(41)19-6-9-22(10-7-19)38-31-36-14-20-13-35-29(27-25(33)4-3-5-26(27)34)24-12-21(32)8-11-23(24)28(20)39-31;/h3-12,14,17-18,37H,13,15-16H2,1-2H3,(H,36,38,39);1H4. The number of hydrogen-bond acceptors (Lipinski definition) is 6. The minimum atomic E-state index is -0.711. The van der Waals surface area contributed by atoms with Crippen LogP contribution in [0, 0.1) is 11.6 Å². The lowest BCUT2D eigenvalue weighted by Crippen LogP contribution is -2.55. The van der Waals surface area contributed by atoms with Crippen molar-refractivity contribution < 1.29 is 13.6 Å². The number of nitrogens with zero attached hydrogens (tertiary/aromatic N) is 4. The van der Waals surface area contributed by atoms with E-state index < -0.39 is 11.6 Å². The number of nitrogens with one attached hydrogen (secondary N) is 2. The zero-order valence-corrected chi connectivity index (χ0v) is 23.2. The van der Waals surface area contributed by atoms with Crippen LogP contribution in [0.2, 0.25) is 5.02 Å². The zero-order valence-electron chi connectivity index (χ0n) is 22.5. The maximum absolute atomic E-state index is 14.8. The maximum atomic E-state index is 14.8. The fourth-order valence-corrected chi connectivity index (χ4v) is 5.59. The molecule has 10 heteroatoms. The minimum Gasteiger partial charge on any atom is -0.336 e. The molecule has 0 aliphatic carbocycles. The van der Waals surface area contributed by atoms with Gasteiger partial charge in [0.25, 0.3) is 5.91 Å². The molecular weight excluding hydrogens is 558 g/mol. The van der Waals surface area contributed by atoms with Gasteiger partial charge in [-0.1, -0.05) is 31.2 Å². The summed E-state index contributed by atoms with van der Waals surface area (Å²) < 4.78 is 29.6. The van der Waals surface area contributed by atoms with E-state index in [1.807, 2.05) is 17.0 Å². The number of carbonyl (C=O) groups excluding carboxylic acids is 1. The van der Waals surface area contributed by atoms with Crippen LogP contribution in [0.5, 0.6) is 0 Å². The van der Waals surface area contributed by atoms with Crippen LogP contribution in [-0.2, 0) is 6.54 Å². The number of piperazine rings is 1. The van der Waals surface area contributed by atoms with Gasteiger partial charge >= 0.3 is 0 Å². The monoisotopic (exact) mass is 588 g/mol. The van der Waals surface area contributed by atoms with Crippen LogP contribution < -0.4 is 10.6 Å². The van der Waals surface area contributed by atoms with Crippen molar-refractivity contribution in [3.05, 3.63) is 106 Å². The van der Waals surface area contributed by atoms with Crippen LogP contribution in [0.15, 0.2) is 71.9 Å². The van der Waals surface area contributed by atoms with Crippen molar-refractivity contribution in [2.45, 2.75) is 39.9 Å². The number of aliphatic imine (C=N–C) groups is 1. The highest BCUT2D eigenvalue weighted by atomic mass is 35.5. The normalized spacial score (nSPS) is 17.7. The molecule has 216 valence electrons. The molecule has 0 spiro atoms. The highest BCUT2D eigenvalue weighted by Gasteiger charge is 2.27. The second-order valence-corrected chi connectivity index (χ2v) is 10.8. The molecule has 42 heavy (non-hydrogen) atoms. The van der Waals surface area contributed by atoms with Crippen LogP contribution in [0.3, 0.4) is 0 Å². The van der Waals surface area contributed by atoms with E-state index >= 15 is 0 Å². The zero-order chi connectivity index (χ0) is 28.7. The minimum absolute atomic E-state index is 0. The Morgan fingerprint density at radius 1 is 1.00 bits per heavy atom. The van der Waals surface area contributed by atoms with Crippen LogP contribution >= 0.6 is 11.6 Å². The third-order valence-electron chi connectivity index (χ3n) is 7.20. The van der Waals surface area contributed by atoms with Gasteiger partial charge in [-0.15, -0.1) is 0 Å². The lowest BCUT2D eigenvalue weighted by molar-refractivity contribution is 0.0674. The Kier molecular flexibility index (Phi) is 8.34. The van der Waals surface area contributed by atoms with Gasteiger partial charge in [-0.2, -0.15) is 0 Å². The van der Waals surface area contributed by atoms with Crippen LogP contribution in [0.4, 0.5) is 20.4 Å². The van der Waals surface area contributed by atoms with Crippen molar-refractivity contribution >= 4 is 34.9 Å². The molecule has 4 aromatic rings. The van der Waals surface area contributed by atoms with Gasteiger partial charge in [0, 0.05) is 64.3 Å². The summed E-state index contributed by atoms with van der Waals surface area (Å²) in [6, 6.07) is 16.5. The molecule has 7 nitrogen and oxygen atoms in total. The SMILES string of the molecule is C.CC1CN(C(=O)c2ccc(Nc3ncc4c(n3)-c3ccc(Cl)cc3C(c3c(F)cccc3F)=NC4)cc2)CC(C)N1. The Bertz CT molecular complexity index is 1650. The fraction of sp³-hybridized carbons (Fsp3) is 0.250. The smallest absolute Gasteiger partial charge is 0.253 e. The molecule has 2 unspecified atom stereocenters. The number of anilines is 2. The van der Waals surface area contributed by atoms with Gasteiger partial charge < -0.3 is 15.5 Å². The summed E-state index contributed by atoms with van der Waals surface area (Å²) in [5, 5.41) is 7.04. The van der Waals surface area contributed by atoms with E-state index in [0.29, 0.717) is 57.7 Å².